The Hall–Kier alpha value is -1.26. The highest BCUT2D eigenvalue weighted by Gasteiger charge is 2.23. The maximum absolute atomic E-state index is 9.18. The van der Waals surface area contributed by atoms with Gasteiger partial charge < -0.3 is 20.5 Å². The Balaban J connectivity index is 2.24. The SMILES string of the molecule is COc1ccc(CN)c(N2CCC(CO)C2)c1. The Morgan fingerprint density at radius 3 is 2.94 bits per heavy atom. The first-order valence-electron chi connectivity index (χ1n) is 6.01. The van der Waals surface area contributed by atoms with Crippen LogP contribution in [0, 0.1) is 5.92 Å². The molecule has 0 aromatic heterocycles. The molecule has 4 nitrogen and oxygen atoms in total. The van der Waals surface area contributed by atoms with Gasteiger partial charge in [-0.15, -0.1) is 0 Å². The number of hydrogen-bond acceptors (Lipinski definition) is 4. The Morgan fingerprint density at radius 2 is 2.35 bits per heavy atom. The molecule has 1 atom stereocenters. The van der Waals surface area contributed by atoms with Crippen molar-refractivity contribution in [3.63, 3.8) is 0 Å². The zero-order chi connectivity index (χ0) is 12.3. The molecule has 1 fully saturated rings. The predicted octanol–water partition coefficient (Wildman–Crippen LogP) is 0.972. The molecule has 1 aromatic rings. The van der Waals surface area contributed by atoms with E-state index in [9.17, 15) is 5.11 Å². The fourth-order valence-corrected chi connectivity index (χ4v) is 2.34. The van der Waals surface area contributed by atoms with E-state index in [-0.39, 0.29) is 6.61 Å². The van der Waals surface area contributed by atoms with Crippen LogP contribution in [0.1, 0.15) is 12.0 Å². The summed E-state index contributed by atoms with van der Waals surface area (Å²) in [6.45, 7) is 2.67. The van der Waals surface area contributed by atoms with Gasteiger partial charge in [-0.2, -0.15) is 0 Å². The van der Waals surface area contributed by atoms with Crippen molar-refractivity contribution in [2.24, 2.45) is 11.7 Å². The molecule has 94 valence electrons. The maximum atomic E-state index is 9.18. The Bertz CT molecular complexity index is 382. The first-order chi connectivity index (χ1) is 8.28. The Labute approximate surface area is 102 Å². The fraction of sp³-hybridized carbons (Fsp3) is 0.538. The summed E-state index contributed by atoms with van der Waals surface area (Å²) in [5, 5.41) is 9.18. The van der Waals surface area contributed by atoms with Gasteiger partial charge in [-0.3, -0.25) is 0 Å². The lowest BCUT2D eigenvalue weighted by atomic mass is 10.1. The number of hydrogen-bond donors (Lipinski definition) is 2. The molecule has 1 saturated heterocycles. The monoisotopic (exact) mass is 236 g/mol. The van der Waals surface area contributed by atoms with E-state index in [1.165, 1.54) is 0 Å². The Kier molecular flexibility index (Phi) is 3.86. The molecule has 1 unspecified atom stereocenters. The summed E-state index contributed by atoms with van der Waals surface area (Å²) in [6.07, 6.45) is 1.04. The molecular formula is C13H20N2O2. The van der Waals surface area contributed by atoms with E-state index < -0.39 is 0 Å². The van der Waals surface area contributed by atoms with Gasteiger partial charge in [-0.25, -0.2) is 0 Å². The second-order valence-electron chi connectivity index (χ2n) is 4.48. The van der Waals surface area contributed by atoms with E-state index >= 15 is 0 Å². The molecule has 0 aliphatic carbocycles. The van der Waals surface area contributed by atoms with Gasteiger partial charge in [0.15, 0.2) is 0 Å². The minimum absolute atomic E-state index is 0.262. The van der Waals surface area contributed by atoms with Gasteiger partial charge in [0, 0.05) is 43.9 Å². The van der Waals surface area contributed by atoms with Crippen LogP contribution >= 0.6 is 0 Å². The third-order valence-corrected chi connectivity index (χ3v) is 3.40. The largest absolute Gasteiger partial charge is 0.497 e. The average Bonchev–Trinajstić information content (AvgIpc) is 2.86. The first-order valence-corrected chi connectivity index (χ1v) is 6.01. The van der Waals surface area contributed by atoms with Crippen LogP contribution in [-0.2, 0) is 6.54 Å². The first kappa shape index (κ1) is 12.2. The minimum atomic E-state index is 0.262. The number of benzene rings is 1. The van der Waals surface area contributed by atoms with E-state index in [4.69, 9.17) is 10.5 Å². The predicted molar refractivity (Wildman–Crippen MR) is 68.3 cm³/mol. The summed E-state index contributed by atoms with van der Waals surface area (Å²) in [6, 6.07) is 5.98. The molecule has 1 heterocycles. The molecule has 17 heavy (non-hydrogen) atoms. The lowest BCUT2D eigenvalue weighted by Gasteiger charge is -2.22. The van der Waals surface area contributed by atoms with Gasteiger partial charge in [0.2, 0.25) is 0 Å². The van der Waals surface area contributed by atoms with Crippen molar-refractivity contribution in [1.29, 1.82) is 0 Å². The summed E-state index contributed by atoms with van der Waals surface area (Å²) in [4.78, 5) is 2.28. The molecule has 0 saturated carbocycles. The van der Waals surface area contributed by atoms with Crippen LogP contribution in [-0.4, -0.2) is 31.9 Å². The molecule has 1 aliphatic heterocycles. The molecule has 1 aromatic carbocycles. The van der Waals surface area contributed by atoms with Crippen molar-refractivity contribution >= 4 is 5.69 Å². The number of aliphatic hydroxyl groups is 1. The molecule has 1 aliphatic rings. The molecular weight excluding hydrogens is 216 g/mol. The van der Waals surface area contributed by atoms with Gasteiger partial charge in [0.25, 0.3) is 0 Å². The zero-order valence-corrected chi connectivity index (χ0v) is 10.2. The number of rotatable bonds is 4. The second-order valence-corrected chi connectivity index (χ2v) is 4.48. The van der Waals surface area contributed by atoms with E-state index in [2.05, 4.69) is 4.90 Å². The molecule has 0 amide bonds. The third-order valence-electron chi connectivity index (χ3n) is 3.40. The van der Waals surface area contributed by atoms with Crippen LogP contribution in [0.25, 0.3) is 0 Å². The number of nitrogens with two attached hydrogens (primary N) is 1. The summed E-state index contributed by atoms with van der Waals surface area (Å²) in [5.41, 5.74) is 8.03. The highest BCUT2D eigenvalue weighted by Crippen LogP contribution is 2.30. The van der Waals surface area contributed by atoms with Gasteiger partial charge in [-0.05, 0) is 18.1 Å². The van der Waals surface area contributed by atoms with Gasteiger partial charge in [-0.1, -0.05) is 6.07 Å². The van der Waals surface area contributed by atoms with Crippen LogP contribution < -0.4 is 15.4 Å². The van der Waals surface area contributed by atoms with E-state index in [1.807, 2.05) is 18.2 Å². The normalized spacial score (nSPS) is 19.7. The highest BCUT2D eigenvalue weighted by atomic mass is 16.5. The smallest absolute Gasteiger partial charge is 0.120 e. The highest BCUT2D eigenvalue weighted by molar-refractivity contribution is 5.58. The quantitative estimate of drug-likeness (QED) is 0.818. The van der Waals surface area contributed by atoms with Crippen LogP contribution in [0.4, 0.5) is 5.69 Å². The number of anilines is 1. The summed E-state index contributed by atoms with van der Waals surface area (Å²) in [7, 11) is 1.67. The third kappa shape index (κ3) is 2.53. The number of nitrogens with zero attached hydrogens (tertiary/aromatic N) is 1. The van der Waals surface area contributed by atoms with Crippen molar-refractivity contribution < 1.29 is 9.84 Å². The topological polar surface area (TPSA) is 58.7 Å². The molecule has 0 spiro atoms. The lowest BCUT2D eigenvalue weighted by molar-refractivity contribution is 0.238. The molecule has 3 N–H and O–H groups in total. The zero-order valence-electron chi connectivity index (χ0n) is 10.2. The minimum Gasteiger partial charge on any atom is -0.497 e. The summed E-state index contributed by atoms with van der Waals surface area (Å²) < 4.78 is 5.25. The van der Waals surface area contributed by atoms with E-state index in [0.29, 0.717) is 12.5 Å². The van der Waals surface area contributed by atoms with E-state index in [1.54, 1.807) is 7.11 Å². The van der Waals surface area contributed by atoms with Crippen LogP contribution in [0.15, 0.2) is 18.2 Å². The van der Waals surface area contributed by atoms with Crippen molar-refractivity contribution in [3.8, 4) is 5.75 Å². The van der Waals surface area contributed by atoms with Gasteiger partial charge >= 0.3 is 0 Å². The average molecular weight is 236 g/mol. The summed E-state index contributed by atoms with van der Waals surface area (Å²) >= 11 is 0. The van der Waals surface area contributed by atoms with Crippen molar-refractivity contribution in [2.45, 2.75) is 13.0 Å². The molecule has 0 radical (unpaired) electrons. The summed E-state index contributed by atoms with van der Waals surface area (Å²) in [5.74, 6) is 1.23. The van der Waals surface area contributed by atoms with Crippen LogP contribution in [0.2, 0.25) is 0 Å². The number of methoxy groups -OCH3 is 1. The molecule has 4 heteroatoms. The van der Waals surface area contributed by atoms with Crippen LogP contribution in [0.3, 0.4) is 0 Å². The van der Waals surface area contributed by atoms with Crippen molar-refractivity contribution in [2.75, 3.05) is 31.7 Å². The maximum Gasteiger partial charge on any atom is 0.120 e. The van der Waals surface area contributed by atoms with Crippen LogP contribution in [0.5, 0.6) is 5.75 Å². The van der Waals surface area contributed by atoms with Crippen molar-refractivity contribution in [3.05, 3.63) is 23.8 Å². The molecule has 0 bridgehead atoms. The second kappa shape index (κ2) is 5.38. The van der Waals surface area contributed by atoms with Gasteiger partial charge in [0.05, 0.1) is 7.11 Å². The standard InChI is InChI=1S/C13H20N2O2/c1-17-12-3-2-11(7-14)13(6-12)15-5-4-10(8-15)9-16/h2-3,6,10,16H,4-5,7-9,14H2,1H3. The molecule has 2 rings (SSSR count). The fourth-order valence-electron chi connectivity index (χ4n) is 2.34. The van der Waals surface area contributed by atoms with Gasteiger partial charge in [0.1, 0.15) is 5.75 Å². The van der Waals surface area contributed by atoms with E-state index in [0.717, 1.165) is 36.5 Å². The Morgan fingerprint density at radius 1 is 1.53 bits per heavy atom. The lowest BCUT2D eigenvalue weighted by Crippen LogP contribution is -2.22. The number of aliphatic hydroxyl groups excluding tert-OH is 1. The number of ether oxygens (including phenoxy) is 1. The van der Waals surface area contributed by atoms with Crippen molar-refractivity contribution in [1.82, 2.24) is 0 Å².